The molecule has 0 radical (unpaired) electrons. The molecule has 3 rings (SSSR count). The zero-order valence-corrected chi connectivity index (χ0v) is 13.2. The van der Waals surface area contributed by atoms with Gasteiger partial charge in [-0.1, -0.05) is 28.9 Å². The lowest BCUT2D eigenvalue weighted by Gasteiger charge is -2.18. The maximum Gasteiger partial charge on any atom is 0.320 e. The first-order valence-corrected chi connectivity index (χ1v) is 7.06. The van der Waals surface area contributed by atoms with E-state index < -0.39 is 12.0 Å². The predicted octanol–water partition coefficient (Wildman–Crippen LogP) is 2.86. The zero-order valence-electron chi connectivity index (χ0n) is 11.6. The summed E-state index contributed by atoms with van der Waals surface area (Å²) in [6, 6.07) is 6.72. The van der Waals surface area contributed by atoms with Crippen molar-refractivity contribution in [1.82, 2.24) is 15.0 Å². The molecule has 1 atom stereocenters. The van der Waals surface area contributed by atoms with Crippen LogP contribution < -0.4 is 0 Å². The first kappa shape index (κ1) is 16.7. The fourth-order valence-electron chi connectivity index (χ4n) is 2.53. The Morgan fingerprint density at radius 2 is 2.32 bits per heavy atom. The van der Waals surface area contributed by atoms with E-state index in [1.54, 1.807) is 12.1 Å². The third-order valence-corrected chi connectivity index (χ3v) is 3.77. The van der Waals surface area contributed by atoms with Gasteiger partial charge in [-0.3, -0.25) is 9.69 Å². The number of aliphatic carboxylic acids is 1. The Labute approximate surface area is 138 Å². The molecule has 0 bridgehead atoms. The number of likely N-dealkylation sites (tertiary alicyclic amines) is 1. The molecule has 0 amide bonds. The minimum absolute atomic E-state index is 0. The Balaban J connectivity index is 0.00000176. The lowest BCUT2D eigenvalue weighted by atomic mass is 10.2. The van der Waals surface area contributed by atoms with Crippen molar-refractivity contribution < 1.29 is 14.4 Å². The highest BCUT2D eigenvalue weighted by atomic mass is 35.5. The SMILES string of the molecule is Cl.O=C(O)[C@H]1CCCN1Cc1nc(-c2cccc(Cl)c2)no1. The monoisotopic (exact) mass is 343 g/mol. The van der Waals surface area contributed by atoms with Crippen LogP contribution in [0, 0.1) is 0 Å². The van der Waals surface area contributed by atoms with Gasteiger partial charge in [0.1, 0.15) is 6.04 Å². The summed E-state index contributed by atoms with van der Waals surface area (Å²) in [5.41, 5.74) is 0.772. The van der Waals surface area contributed by atoms with Gasteiger partial charge in [-0.2, -0.15) is 4.98 Å². The molecule has 2 heterocycles. The molecule has 0 spiro atoms. The number of carboxylic acid groups (broad SMARTS) is 1. The van der Waals surface area contributed by atoms with Crippen molar-refractivity contribution in [1.29, 1.82) is 0 Å². The number of halogens is 2. The van der Waals surface area contributed by atoms with Gasteiger partial charge in [0, 0.05) is 10.6 Å². The van der Waals surface area contributed by atoms with E-state index in [2.05, 4.69) is 10.1 Å². The Morgan fingerprint density at radius 1 is 1.50 bits per heavy atom. The smallest absolute Gasteiger partial charge is 0.320 e. The van der Waals surface area contributed by atoms with Crippen molar-refractivity contribution in [3.8, 4) is 11.4 Å². The summed E-state index contributed by atoms with van der Waals surface area (Å²) in [5, 5.41) is 13.7. The summed E-state index contributed by atoms with van der Waals surface area (Å²) in [6.45, 7) is 1.08. The van der Waals surface area contributed by atoms with Crippen molar-refractivity contribution in [3.05, 3.63) is 35.2 Å². The molecule has 0 aliphatic carbocycles. The van der Waals surface area contributed by atoms with Crippen LogP contribution in [-0.4, -0.2) is 38.7 Å². The van der Waals surface area contributed by atoms with Gasteiger partial charge < -0.3 is 9.63 Å². The molecule has 2 aromatic rings. The third-order valence-electron chi connectivity index (χ3n) is 3.54. The number of rotatable bonds is 4. The molecule has 6 nitrogen and oxygen atoms in total. The van der Waals surface area contributed by atoms with Crippen LogP contribution in [0.4, 0.5) is 0 Å². The number of benzene rings is 1. The van der Waals surface area contributed by atoms with Crippen LogP contribution >= 0.6 is 24.0 Å². The first-order chi connectivity index (χ1) is 10.1. The summed E-state index contributed by atoms with van der Waals surface area (Å²) < 4.78 is 5.21. The second kappa shape index (κ2) is 7.09. The Kier molecular flexibility index (Phi) is 5.39. The van der Waals surface area contributed by atoms with Crippen molar-refractivity contribution >= 4 is 30.0 Å². The van der Waals surface area contributed by atoms with E-state index in [9.17, 15) is 4.79 Å². The van der Waals surface area contributed by atoms with E-state index in [-0.39, 0.29) is 12.4 Å². The summed E-state index contributed by atoms with van der Waals surface area (Å²) in [7, 11) is 0. The molecule has 1 aromatic heterocycles. The molecule has 1 saturated heterocycles. The summed E-state index contributed by atoms with van der Waals surface area (Å²) in [4.78, 5) is 17.3. The predicted molar refractivity (Wildman–Crippen MR) is 83.1 cm³/mol. The average molecular weight is 344 g/mol. The fraction of sp³-hybridized carbons (Fsp3) is 0.357. The Morgan fingerprint density at radius 3 is 3.05 bits per heavy atom. The van der Waals surface area contributed by atoms with Crippen LogP contribution in [0.1, 0.15) is 18.7 Å². The van der Waals surface area contributed by atoms with Crippen molar-refractivity contribution in [2.45, 2.75) is 25.4 Å². The minimum atomic E-state index is -0.804. The number of hydrogen-bond acceptors (Lipinski definition) is 5. The highest BCUT2D eigenvalue weighted by Crippen LogP contribution is 2.22. The second-order valence-corrected chi connectivity index (χ2v) is 5.43. The molecule has 1 fully saturated rings. The largest absolute Gasteiger partial charge is 0.480 e. The standard InChI is InChI=1S/C14H14ClN3O3.ClH/c15-10-4-1-3-9(7-10)13-16-12(21-17-13)8-18-6-2-5-11(18)14(19)20;/h1,3-4,7,11H,2,5-6,8H2,(H,19,20);1H/t11-;/m1./s1. The summed E-state index contributed by atoms with van der Waals surface area (Å²) in [6.07, 6.45) is 1.52. The van der Waals surface area contributed by atoms with Gasteiger partial charge in [0.15, 0.2) is 0 Å². The molecule has 1 aliphatic rings. The van der Waals surface area contributed by atoms with Crippen LogP contribution in [0.3, 0.4) is 0 Å². The van der Waals surface area contributed by atoms with Crippen LogP contribution in [0.25, 0.3) is 11.4 Å². The molecule has 1 aromatic carbocycles. The molecule has 1 aliphatic heterocycles. The highest BCUT2D eigenvalue weighted by Gasteiger charge is 2.31. The first-order valence-electron chi connectivity index (χ1n) is 6.69. The summed E-state index contributed by atoms with van der Waals surface area (Å²) in [5.74, 6) is 0.0683. The van der Waals surface area contributed by atoms with Gasteiger partial charge in [0.25, 0.3) is 0 Å². The van der Waals surface area contributed by atoms with Gasteiger partial charge in [-0.25, -0.2) is 0 Å². The minimum Gasteiger partial charge on any atom is -0.480 e. The van der Waals surface area contributed by atoms with Crippen LogP contribution in [0.15, 0.2) is 28.8 Å². The normalized spacial score (nSPS) is 18.1. The number of carboxylic acids is 1. The zero-order chi connectivity index (χ0) is 14.8. The van der Waals surface area contributed by atoms with E-state index in [0.717, 1.165) is 18.5 Å². The summed E-state index contributed by atoms with van der Waals surface area (Å²) >= 11 is 5.93. The van der Waals surface area contributed by atoms with E-state index in [1.807, 2.05) is 17.0 Å². The molecule has 8 heteroatoms. The second-order valence-electron chi connectivity index (χ2n) is 4.99. The average Bonchev–Trinajstić information content (AvgIpc) is 3.08. The third kappa shape index (κ3) is 3.58. The molecular weight excluding hydrogens is 329 g/mol. The molecule has 118 valence electrons. The quantitative estimate of drug-likeness (QED) is 0.919. The lowest BCUT2D eigenvalue weighted by molar-refractivity contribution is -0.142. The molecule has 1 N–H and O–H groups in total. The Bertz CT molecular complexity index is 662. The number of carbonyl (C=O) groups is 1. The number of aromatic nitrogens is 2. The molecule has 0 unspecified atom stereocenters. The molecular formula is C14H15Cl2N3O3. The van der Waals surface area contributed by atoms with Crippen molar-refractivity contribution in [2.75, 3.05) is 6.54 Å². The van der Waals surface area contributed by atoms with E-state index >= 15 is 0 Å². The topological polar surface area (TPSA) is 79.5 Å². The Hall–Kier alpha value is -1.63. The van der Waals surface area contributed by atoms with Crippen molar-refractivity contribution in [2.24, 2.45) is 0 Å². The highest BCUT2D eigenvalue weighted by molar-refractivity contribution is 6.30. The lowest BCUT2D eigenvalue weighted by Crippen LogP contribution is -2.35. The molecule has 22 heavy (non-hydrogen) atoms. The number of hydrogen-bond donors (Lipinski definition) is 1. The van der Waals surface area contributed by atoms with Gasteiger partial charge >= 0.3 is 5.97 Å². The molecule has 0 saturated carbocycles. The van der Waals surface area contributed by atoms with E-state index in [0.29, 0.717) is 29.7 Å². The van der Waals surface area contributed by atoms with Gasteiger partial charge in [-0.15, -0.1) is 12.4 Å². The van der Waals surface area contributed by atoms with Gasteiger partial charge in [-0.05, 0) is 31.5 Å². The van der Waals surface area contributed by atoms with Crippen LogP contribution in [0.2, 0.25) is 5.02 Å². The van der Waals surface area contributed by atoms with Crippen molar-refractivity contribution in [3.63, 3.8) is 0 Å². The fourth-order valence-corrected chi connectivity index (χ4v) is 2.72. The van der Waals surface area contributed by atoms with E-state index in [4.69, 9.17) is 21.2 Å². The van der Waals surface area contributed by atoms with E-state index in [1.165, 1.54) is 0 Å². The van der Waals surface area contributed by atoms with Crippen LogP contribution in [-0.2, 0) is 11.3 Å². The van der Waals surface area contributed by atoms with Gasteiger partial charge in [0.05, 0.1) is 6.54 Å². The maximum atomic E-state index is 11.1. The van der Waals surface area contributed by atoms with Crippen LogP contribution in [0.5, 0.6) is 0 Å². The number of nitrogens with zero attached hydrogens (tertiary/aromatic N) is 3. The maximum absolute atomic E-state index is 11.1. The van der Waals surface area contributed by atoms with Gasteiger partial charge in [0.2, 0.25) is 11.7 Å².